The van der Waals surface area contributed by atoms with Crippen molar-refractivity contribution in [3.05, 3.63) is 36.0 Å². The number of hydrogen-bond donors (Lipinski definition) is 1. The lowest BCUT2D eigenvalue weighted by atomic mass is 10.1. The summed E-state index contributed by atoms with van der Waals surface area (Å²) in [6.45, 7) is 0.879. The van der Waals surface area contributed by atoms with Crippen LogP contribution in [0.1, 0.15) is 12.0 Å². The molecule has 3 aliphatic heterocycles. The fourth-order valence-corrected chi connectivity index (χ4v) is 5.07. The van der Waals surface area contributed by atoms with Crippen molar-refractivity contribution in [1.82, 2.24) is 20.1 Å². The first-order chi connectivity index (χ1) is 14.6. The van der Waals surface area contributed by atoms with Crippen LogP contribution in [0.5, 0.6) is 0 Å². The van der Waals surface area contributed by atoms with Crippen molar-refractivity contribution in [1.29, 1.82) is 5.26 Å². The predicted molar refractivity (Wildman–Crippen MR) is 113 cm³/mol. The smallest absolute Gasteiger partial charge is 0.332 e. The van der Waals surface area contributed by atoms with Crippen LogP contribution >= 0.6 is 12.2 Å². The van der Waals surface area contributed by atoms with E-state index in [1.807, 2.05) is 4.90 Å². The second-order valence-electron chi connectivity index (χ2n) is 7.42. The zero-order valence-electron chi connectivity index (χ0n) is 15.8. The van der Waals surface area contributed by atoms with Crippen molar-refractivity contribution in [2.45, 2.75) is 24.5 Å². The lowest BCUT2D eigenvalue weighted by molar-refractivity contribution is -0.120. The zero-order valence-corrected chi connectivity index (χ0v) is 16.6. The summed E-state index contributed by atoms with van der Waals surface area (Å²) >= 11 is 5.44. The van der Waals surface area contributed by atoms with Gasteiger partial charge in [0.1, 0.15) is 12.1 Å². The molecule has 3 atom stereocenters. The van der Waals surface area contributed by atoms with Crippen LogP contribution in [0.2, 0.25) is 0 Å². The Bertz CT molecular complexity index is 1200. The lowest BCUT2D eigenvalue weighted by Crippen LogP contribution is -2.56. The van der Waals surface area contributed by atoms with Gasteiger partial charge in [-0.25, -0.2) is 9.69 Å². The molecule has 30 heavy (non-hydrogen) atoms. The highest BCUT2D eigenvalue weighted by Gasteiger charge is 2.62. The molecule has 3 saturated heterocycles. The number of anilines is 1. The number of thiocarbonyl (C=S) groups is 1. The number of likely N-dealkylation sites (tertiary alicyclic amines) is 1. The zero-order chi connectivity index (χ0) is 21.0. The SMILES string of the molecule is C#CCNC(=S)N1C[C@H]2CC1[C@@H]1C(=O)N(c3ccc(C#N)c4ncccc34)C(=O)N21. The first-order valence-electron chi connectivity index (χ1n) is 9.49. The van der Waals surface area contributed by atoms with Crippen molar-refractivity contribution in [3.8, 4) is 18.4 Å². The molecule has 0 aliphatic carbocycles. The average Bonchev–Trinajstić information content (AvgIpc) is 3.43. The highest BCUT2D eigenvalue weighted by Crippen LogP contribution is 2.43. The van der Waals surface area contributed by atoms with Gasteiger partial charge >= 0.3 is 6.03 Å². The lowest BCUT2D eigenvalue weighted by Gasteiger charge is -2.36. The third kappa shape index (κ3) is 2.39. The first-order valence-corrected chi connectivity index (χ1v) is 9.89. The monoisotopic (exact) mass is 416 g/mol. The summed E-state index contributed by atoms with van der Waals surface area (Å²) in [5.41, 5.74) is 1.31. The molecule has 1 unspecified atom stereocenters. The number of nitriles is 1. The van der Waals surface area contributed by atoms with Gasteiger partial charge in [-0.2, -0.15) is 5.26 Å². The van der Waals surface area contributed by atoms with Gasteiger partial charge in [0.2, 0.25) is 0 Å². The molecule has 1 N–H and O–H groups in total. The van der Waals surface area contributed by atoms with Crippen LogP contribution in [0.4, 0.5) is 10.5 Å². The Labute approximate surface area is 178 Å². The number of carbonyl (C=O) groups is 2. The molecule has 4 heterocycles. The van der Waals surface area contributed by atoms with Gasteiger partial charge < -0.3 is 15.1 Å². The van der Waals surface area contributed by atoms with Gasteiger partial charge in [-0.15, -0.1) is 6.42 Å². The Kier molecular flexibility index (Phi) is 4.09. The molecule has 1 aromatic heterocycles. The minimum absolute atomic E-state index is 0.0881. The Morgan fingerprint density at radius 3 is 2.97 bits per heavy atom. The number of fused-ring (bicyclic) bond motifs is 6. The van der Waals surface area contributed by atoms with E-state index in [2.05, 4.69) is 22.3 Å². The van der Waals surface area contributed by atoms with Crippen LogP contribution in [-0.2, 0) is 4.79 Å². The number of nitrogens with one attached hydrogen (secondary N) is 1. The summed E-state index contributed by atoms with van der Waals surface area (Å²) in [6, 6.07) is 7.62. The summed E-state index contributed by atoms with van der Waals surface area (Å²) < 4.78 is 0. The molecule has 2 aromatic rings. The second kappa shape index (κ2) is 6.68. The van der Waals surface area contributed by atoms with Gasteiger partial charge in [-0.3, -0.25) is 9.78 Å². The van der Waals surface area contributed by atoms with Crippen molar-refractivity contribution in [2.75, 3.05) is 18.0 Å². The number of benzene rings is 1. The predicted octanol–water partition coefficient (Wildman–Crippen LogP) is 1.21. The molecular formula is C21H16N6O2S. The van der Waals surface area contributed by atoms with E-state index in [-0.39, 0.29) is 24.0 Å². The molecule has 3 amide bonds. The van der Waals surface area contributed by atoms with Crippen LogP contribution in [0.15, 0.2) is 30.5 Å². The average molecular weight is 416 g/mol. The van der Waals surface area contributed by atoms with Crippen molar-refractivity contribution >= 4 is 45.9 Å². The highest BCUT2D eigenvalue weighted by atomic mass is 32.1. The van der Waals surface area contributed by atoms with Gasteiger partial charge in [0.05, 0.1) is 35.4 Å². The van der Waals surface area contributed by atoms with E-state index >= 15 is 0 Å². The largest absolute Gasteiger partial charge is 0.352 e. The number of amides is 3. The molecule has 3 aliphatic rings. The third-order valence-corrected chi connectivity index (χ3v) is 6.35. The van der Waals surface area contributed by atoms with Gasteiger partial charge in [-0.05, 0) is 42.9 Å². The topological polar surface area (TPSA) is 92.6 Å². The quantitative estimate of drug-likeness (QED) is 0.447. The summed E-state index contributed by atoms with van der Waals surface area (Å²) in [4.78, 5) is 35.8. The number of aromatic nitrogens is 1. The maximum Gasteiger partial charge on any atom is 0.332 e. The highest BCUT2D eigenvalue weighted by molar-refractivity contribution is 7.80. The van der Waals surface area contributed by atoms with Gasteiger partial charge in [0, 0.05) is 18.1 Å². The normalized spacial score (nSPS) is 24.2. The number of piperazine rings is 1. The molecule has 9 heteroatoms. The number of urea groups is 1. The van der Waals surface area contributed by atoms with Gasteiger partial charge in [0.25, 0.3) is 5.91 Å². The molecule has 0 saturated carbocycles. The molecule has 1 aromatic carbocycles. The van der Waals surface area contributed by atoms with Crippen LogP contribution in [0, 0.1) is 23.7 Å². The Morgan fingerprint density at radius 1 is 1.37 bits per heavy atom. The first kappa shape index (κ1) is 18.3. The van der Waals surface area contributed by atoms with Crippen molar-refractivity contribution in [3.63, 3.8) is 0 Å². The number of imide groups is 1. The maximum absolute atomic E-state index is 13.4. The molecule has 5 rings (SSSR count). The van der Waals surface area contributed by atoms with Crippen molar-refractivity contribution < 1.29 is 9.59 Å². The fourth-order valence-electron chi connectivity index (χ4n) is 4.78. The molecule has 3 fully saturated rings. The Morgan fingerprint density at radius 2 is 2.20 bits per heavy atom. The number of hydrogen-bond acceptors (Lipinski definition) is 5. The van der Waals surface area contributed by atoms with E-state index < -0.39 is 6.04 Å². The van der Waals surface area contributed by atoms with Gasteiger partial charge in [0.15, 0.2) is 5.11 Å². The van der Waals surface area contributed by atoms with Crippen LogP contribution in [0.3, 0.4) is 0 Å². The minimum atomic E-state index is -0.593. The summed E-state index contributed by atoms with van der Waals surface area (Å²) in [6.07, 6.45) is 7.58. The molecule has 2 bridgehead atoms. The molecule has 0 radical (unpaired) electrons. The summed E-state index contributed by atoms with van der Waals surface area (Å²) in [5, 5.41) is 13.5. The van der Waals surface area contributed by atoms with E-state index in [1.54, 1.807) is 35.4 Å². The summed E-state index contributed by atoms with van der Waals surface area (Å²) in [5.74, 6) is 2.20. The maximum atomic E-state index is 13.4. The molecular weight excluding hydrogens is 400 g/mol. The molecule has 148 valence electrons. The van der Waals surface area contributed by atoms with E-state index in [0.717, 1.165) is 0 Å². The number of nitrogens with zero attached hydrogens (tertiary/aromatic N) is 5. The summed E-state index contributed by atoms with van der Waals surface area (Å²) in [7, 11) is 0. The number of pyridine rings is 1. The van der Waals surface area contributed by atoms with Crippen LogP contribution in [-0.4, -0.2) is 63.0 Å². The van der Waals surface area contributed by atoms with E-state index in [9.17, 15) is 14.9 Å². The number of rotatable bonds is 2. The van der Waals surface area contributed by atoms with Crippen LogP contribution in [0.25, 0.3) is 10.9 Å². The second-order valence-corrected chi connectivity index (χ2v) is 7.81. The Hall–Kier alpha value is -3.69. The third-order valence-electron chi connectivity index (χ3n) is 5.98. The van der Waals surface area contributed by atoms with Crippen LogP contribution < -0.4 is 10.2 Å². The van der Waals surface area contributed by atoms with E-state index in [1.165, 1.54) is 4.90 Å². The van der Waals surface area contributed by atoms with Gasteiger partial charge in [-0.1, -0.05) is 5.92 Å². The van der Waals surface area contributed by atoms with Crippen molar-refractivity contribution in [2.24, 2.45) is 0 Å². The number of terminal acetylenes is 1. The fraction of sp³-hybridized carbons (Fsp3) is 0.286. The molecule has 8 nitrogen and oxygen atoms in total. The van der Waals surface area contributed by atoms with E-state index in [4.69, 9.17) is 18.6 Å². The van der Waals surface area contributed by atoms with E-state index in [0.29, 0.717) is 46.8 Å². The standard InChI is InChI=1S/C21H16N6O2S/c1-2-7-24-20(30)25-11-13-9-16(25)18-19(28)27(21(29)26(13)18)15-6-5-12(10-22)17-14(15)4-3-8-23-17/h1,3-6,8,13,16,18H,7,9,11H2,(H,24,30)/t13-,16?,18-/m1/s1. The molecule has 0 spiro atoms. The Balaban J connectivity index is 1.52. The minimum Gasteiger partial charge on any atom is -0.352 e. The number of carbonyl (C=O) groups excluding carboxylic acids is 2.